The highest BCUT2D eigenvalue weighted by Gasteiger charge is 2.25. The third-order valence-corrected chi connectivity index (χ3v) is 7.99. The smallest absolute Gasteiger partial charge is 0.262 e. The van der Waals surface area contributed by atoms with Gasteiger partial charge < -0.3 is 5.32 Å². The third kappa shape index (κ3) is 4.32. The van der Waals surface area contributed by atoms with Gasteiger partial charge in [-0.3, -0.25) is 14.2 Å². The lowest BCUT2D eigenvalue weighted by Crippen LogP contribution is -2.28. The normalized spacial score (nSPS) is 14.6. The van der Waals surface area contributed by atoms with Crippen LogP contribution in [0.2, 0.25) is 0 Å². The van der Waals surface area contributed by atoms with Gasteiger partial charge in [0, 0.05) is 10.9 Å². The second kappa shape index (κ2) is 9.47. The fourth-order valence-electron chi connectivity index (χ4n) is 4.04. The number of aryl methyl sites for hydroxylation is 1. The first kappa shape index (κ1) is 22.6. The van der Waals surface area contributed by atoms with Crippen molar-refractivity contribution in [1.29, 1.82) is 5.26 Å². The molecule has 0 aliphatic heterocycles. The van der Waals surface area contributed by atoms with E-state index >= 15 is 0 Å². The first-order valence-corrected chi connectivity index (χ1v) is 12.6. The number of hydrogen-bond acceptors (Lipinski definition) is 6. The summed E-state index contributed by atoms with van der Waals surface area (Å²) < 4.78 is 1.64. The van der Waals surface area contributed by atoms with Gasteiger partial charge in [-0.2, -0.15) is 5.26 Å². The number of hydrogen-bond donors (Lipinski definition) is 1. The highest BCUT2D eigenvalue weighted by molar-refractivity contribution is 8.00. The number of carbonyl (C=O) groups is 1. The average molecular weight is 467 g/mol. The molecule has 0 saturated heterocycles. The zero-order chi connectivity index (χ0) is 22.8. The van der Waals surface area contributed by atoms with Crippen molar-refractivity contribution in [1.82, 2.24) is 9.55 Å². The molecule has 1 aliphatic carbocycles. The van der Waals surface area contributed by atoms with Gasteiger partial charge in [-0.15, -0.1) is 11.3 Å². The number of nitriles is 1. The average Bonchev–Trinajstić information content (AvgIpc) is 2.92. The molecule has 1 aromatic carbocycles. The first-order valence-electron chi connectivity index (χ1n) is 10.9. The monoisotopic (exact) mass is 466 g/mol. The van der Waals surface area contributed by atoms with Crippen molar-refractivity contribution < 1.29 is 4.79 Å². The highest BCUT2D eigenvalue weighted by Crippen LogP contribution is 2.37. The molecule has 0 spiro atoms. The Kier molecular flexibility index (Phi) is 6.68. The SMILES string of the molecule is CC(Sc1nc2ccccc2c(=O)n1C(C)C)C(=O)Nc1sc2c(c1C#N)CCCCC2. The lowest BCUT2D eigenvalue weighted by atomic mass is 10.1. The zero-order valence-corrected chi connectivity index (χ0v) is 20.1. The number of para-hydroxylation sites is 1. The van der Waals surface area contributed by atoms with Gasteiger partial charge in [-0.1, -0.05) is 30.3 Å². The van der Waals surface area contributed by atoms with Crippen LogP contribution in [0.15, 0.2) is 34.2 Å². The molecule has 0 bridgehead atoms. The predicted octanol–water partition coefficient (Wildman–Crippen LogP) is 5.30. The lowest BCUT2D eigenvalue weighted by molar-refractivity contribution is -0.115. The number of carbonyl (C=O) groups excluding carboxylic acids is 1. The van der Waals surface area contributed by atoms with Crippen LogP contribution in [0.5, 0.6) is 0 Å². The Bertz CT molecular complexity index is 1270. The molecule has 8 heteroatoms. The molecular formula is C24H26N4O2S2. The quantitative estimate of drug-likeness (QED) is 0.313. The van der Waals surface area contributed by atoms with Crippen LogP contribution in [0.3, 0.4) is 0 Å². The molecule has 2 heterocycles. The van der Waals surface area contributed by atoms with E-state index in [1.54, 1.807) is 17.6 Å². The second-order valence-corrected chi connectivity index (χ2v) is 10.7. The number of nitrogens with one attached hydrogen (secondary N) is 1. The van der Waals surface area contributed by atoms with Gasteiger partial charge in [0.25, 0.3) is 5.56 Å². The molecular weight excluding hydrogens is 440 g/mol. The summed E-state index contributed by atoms with van der Waals surface area (Å²) in [6.07, 6.45) is 5.25. The molecule has 4 rings (SSSR count). The van der Waals surface area contributed by atoms with Crippen molar-refractivity contribution in [2.45, 2.75) is 69.3 Å². The molecule has 0 fully saturated rings. The summed E-state index contributed by atoms with van der Waals surface area (Å²) in [6.45, 7) is 5.67. The van der Waals surface area contributed by atoms with Gasteiger partial charge in [-0.05, 0) is 64.2 Å². The third-order valence-electron chi connectivity index (χ3n) is 5.71. The topological polar surface area (TPSA) is 87.8 Å². The Morgan fingerprint density at radius 3 is 2.72 bits per heavy atom. The highest BCUT2D eigenvalue weighted by atomic mass is 32.2. The van der Waals surface area contributed by atoms with Crippen LogP contribution in [0.1, 0.15) is 62.1 Å². The van der Waals surface area contributed by atoms with Gasteiger partial charge >= 0.3 is 0 Å². The largest absolute Gasteiger partial charge is 0.316 e. The number of benzene rings is 1. The van der Waals surface area contributed by atoms with Crippen LogP contribution in [0, 0.1) is 11.3 Å². The van der Waals surface area contributed by atoms with Crippen LogP contribution < -0.4 is 10.9 Å². The van der Waals surface area contributed by atoms with Crippen molar-refractivity contribution >= 4 is 44.9 Å². The predicted molar refractivity (Wildman–Crippen MR) is 131 cm³/mol. The Morgan fingerprint density at radius 1 is 1.22 bits per heavy atom. The second-order valence-electron chi connectivity index (χ2n) is 8.31. The Morgan fingerprint density at radius 2 is 1.97 bits per heavy atom. The number of fused-ring (bicyclic) bond motifs is 2. The van der Waals surface area contributed by atoms with Gasteiger partial charge in [0.2, 0.25) is 5.91 Å². The molecule has 3 aromatic rings. The minimum atomic E-state index is -0.485. The fraction of sp³-hybridized carbons (Fsp3) is 0.417. The van der Waals surface area contributed by atoms with Gasteiger partial charge in [0.15, 0.2) is 5.16 Å². The number of anilines is 1. The number of thiophene rings is 1. The van der Waals surface area contributed by atoms with Crippen molar-refractivity contribution in [2.24, 2.45) is 0 Å². The molecule has 0 radical (unpaired) electrons. The standard InChI is InChI=1S/C24H26N4O2S2/c1-14(2)28-23(30)17-10-7-8-11-19(17)26-24(28)31-15(3)21(29)27-22-18(13-25)16-9-5-4-6-12-20(16)32-22/h7-8,10-11,14-15H,4-6,9,12H2,1-3H3,(H,27,29). The molecule has 1 amide bonds. The van der Waals surface area contributed by atoms with Gasteiger partial charge in [0.1, 0.15) is 11.1 Å². The summed E-state index contributed by atoms with van der Waals surface area (Å²) in [6, 6.07) is 9.49. The molecule has 1 atom stereocenters. The van der Waals surface area contributed by atoms with E-state index in [1.807, 2.05) is 32.0 Å². The van der Waals surface area contributed by atoms with Crippen LogP contribution in [-0.2, 0) is 17.6 Å². The summed E-state index contributed by atoms with van der Waals surface area (Å²) in [5.74, 6) is -0.194. The summed E-state index contributed by atoms with van der Waals surface area (Å²) in [7, 11) is 0. The van der Waals surface area contributed by atoms with E-state index in [1.165, 1.54) is 34.4 Å². The molecule has 166 valence electrons. The van der Waals surface area contributed by atoms with Crippen molar-refractivity contribution in [3.8, 4) is 6.07 Å². The molecule has 1 unspecified atom stereocenters. The number of amides is 1. The fourth-order valence-corrected chi connectivity index (χ4v) is 6.32. The molecule has 0 saturated carbocycles. The molecule has 2 aromatic heterocycles. The molecule has 1 N–H and O–H groups in total. The minimum Gasteiger partial charge on any atom is -0.316 e. The zero-order valence-electron chi connectivity index (χ0n) is 18.5. The number of nitrogens with zero attached hydrogens (tertiary/aromatic N) is 3. The van der Waals surface area contributed by atoms with E-state index < -0.39 is 5.25 Å². The van der Waals surface area contributed by atoms with Gasteiger partial charge in [-0.25, -0.2) is 4.98 Å². The lowest BCUT2D eigenvalue weighted by Gasteiger charge is -2.18. The van der Waals surface area contributed by atoms with Crippen molar-refractivity contribution in [3.05, 3.63) is 50.6 Å². The summed E-state index contributed by atoms with van der Waals surface area (Å²) in [4.78, 5) is 32.0. The van der Waals surface area contributed by atoms with Crippen LogP contribution in [-0.4, -0.2) is 20.7 Å². The maximum atomic E-state index is 13.0. The molecule has 1 aliphatic rings. The Balaban J connectivity index is 1.60. The van der Waals surface area contributed by atoms with E-state index in [0.29, 0.717) is 26.6 Å². The first-order chi connectivity index (χ1) is 15.4. The maximum Gasteiger partial charge on any atom is 0.262 e. The number of aromatic nitrogens is 2. The minimum absolute atomic E-state index is 0.0875. The Hall–Kier alpha value is -2.63. The van der Waals surface area contributed by atoms with Crippen LogP contribution >= 0.6 is 23.1 Å². The van der Waals surface area contributed by atoms with Crippen LogP contribution in [0.25, 0.3) is 10.9 Å². The summed E-state index contributed by atoms with van der Waals surface area (Å²) in [5.41, 5.74) is 2.24. The van der Waals surface area contributed by atoms with Crippen molar-refractivity contribution in [2.75, 3.05) is 5.32 Å². The van der Waals surface area contributed by atoms with Crippen molar-refractivity contribution in [3.63, 3.8) is 0 Å². The maximum absolute atomic E-state index is 13.0. The number of thioether (sulfide) groups is 1. The Labute approximate surface area is 195 Å². The number of rotatable bonds is 5. The van der Waals surface area contributed by atoms with E-state index in [2.05, 4.69) is 16.4 Å². The summed E-state index contributed by atoms with van der Waals surface area (Å²) in [5, 5.41) is 14.0. The van der Waals surface area contributed by atoms with Gasteiger partial charge in [0.05, 0.1) is 21.7 Å². The van der Waals surface area contributed by atoms with Crippen LogP contribution in [0.4, 0.5) is 5.00 Å². The van der Waals surface area contributed by atoms with E-state index in [-0.39, 0.29) is 17.5 Å². The van der Waals surface area contributed by atoms with E-state index in [9.17, 15) is 14.9 Å². The van der Waals surface area contributed by atoms with E-state index in [4.69, 9.17) is 0 Å². The molecule has 6 nitrogen and oxygen atoms in total. The summed E-state index contributed by atoms with van der Waals surface area (Å²) >= 11 is 2.80. The van der Waals surface area contributed by atoms with E-state index in [0.717, 1.165) is 31.2 Å². The molecule has 32 heavy (non-hydrogen) atoms.